The van der Waals surface area contributed by atoms with Gasteiger partial charge in [-0.2, -0.15) is 0 Å². The number of halogens is 2. The van der Waals surface area contributed by atoms with Crippen molar-refractivity contribution >= 4 is 32.4 Å². The molecule has 5 atom stereocenters. The summed E-state index contributed by atoms with van der Waals surface area (Å²) in [5.74, 6) is -2.51. The highest BCUT2D eigenvalue weighted by atomic mass is 32.2. The van der Waals surface area contributed by atoms with E-state index < -0.39 is 44.5 Å². The molecule has 0 saturated heterocycles. The molecule has 2 aromatic carbocycles. The number of hydrogen-bond acceptors (Lipinski definition) is 7. The van der Waals surface area contributed by atoms with Gasteiger partial charge in [0.25, 0.3) is 10.0 Å². The van der Waals surface area contributed by atoms with Gasteiger partial charge in [-0.05, 0) is 67.3 Å². The first-order valence-corrected chi connectivity index (χ1v) is 16.1. The van der Waals surface area contributed by atoms with Crippen LogP contribution in [0.15, 0.2) is 47.4 Å². The Bertz CT molecular complexity index is 1580. The molecular weight excluding hydrogens is 584 g/mol. The molecular formula is C30H35F2N3O5S2. The number of aromatic nitrogens is 1. The first kappa shape index (κ1) is 30.5. The number of aryl methyl sites for hydroxylation is 1. The smallest absolute Gasteiger partial charge is 0.263 e. The second-order valence-corrected chi connectivity index (χ2v) is 14.8. The molecule has 1 saturated carbocycles. The van der Waals surface area contributed by atoms with Gasteiger partial charge in [-0.3, -0.25) is 9.52 Å². The molecule has 1 aromatic heterocycles. The van der Waals surface area contributed by atoms with Crippen LogP contribution in [0, 0.1) is 35.3 Å². The van der Waals surface area contributed by atoms with E-state index in [1.165, 1.54) is 23.5 Å². The lowest BCUT2D eigenvalue weighted by atomic mass is 9.47. The maximum atomic E-state index is 13.7. The third-order valence-electron chi connectivity index (χ3n) is 9.25. The van der Waals surface area contributed by atoms with Gasteiger partial charge in [0.15, 0.2) is 5.13 Å². The van der Waals surface area contributed by atoms with Gasteiger partial charge in [-0.15, -0.1) is 11.3 Å². The number of rotatable bonds is 8. The van der Waals surface area contributed by atoms with Gasteiger partial charge in [0.1, 0.15) is 11.6 Å². The summed E-state index contributed by atoms with van der Waals surface area (Å²) >= 11 is 1.19. The minimum atomic E-state index is -3.92. The zero-order valence-electron chi connectivity index (χ0n) is 23.7. The Balaban J connectivity index is 1.47. The van der Waals surface area contributed by atoms with Gasteiger partial charge in [-0.1, -0.05) is 31.5 Å². The Kier molecular flexibility index (Phi) is 8.21. The lowest BCUT2D eigenvalue weighted by Crippen LogP contribution is -2.57. The van der Waals surface area contributed by atoms with Crippen LogP contribution < -0.4 is 10.0 Å². The third-order valence-corrected chi connectivity index (χ3v) is 11.7. The van der Waals surface area contributed by atoms with Crippen LogP contribution in [0.5, 0.6) is 0 Å². The van der Waals surface area contributed by atoms with Crippen LogP contribution in [0.1, 0.15) is 60.7 Å². The van der Waals surface area contributed by atoms with Crippen molar-refractivity contribution < 1.29 is 32.2 Å². The number of aliphatic hydroxyl groups excluding tert-OH is 2. The maximum Gasteiger partial charge on any atom is 0.263 e. The molecule has 1 fully saturated rings. The SMILES string of the molecule is Cc1ccc(S(=O)(=O)Nc2nc3c(s2)CC2C(C)(CO)C(O)CCC2(C)C3CC(=O)NCc2cc(F)cc(F)c2)cc1. The number of carbonyl (C=O) groups excluding carboxylic acids is 1. The Morgan fingerprint density at radius 3 is 2.45 bits per heavy atom. The molecule has 0 bridgehead atoms. The topological polar surface area (TPSA) is 129 Å². The van der Waals surface area contributed by atoms with Gasteiger partial charge in [0.2, 0.25) is 5.91 Å². The van der Waals surface area contributed by atoms with Crippen LogP contribution in [-0.4, -0.2) is 42.2 Å². The summed E-state index contributed by atoms with van der Waals surface area (Å²) in [6.07, 6.45) is 0.709. The van der Waals surface area contributed by atoms with Crippen molar-refractivity contribution in [3.63, 3.8) is 0 Å². The van der Waals surface area contributed by atoms with E-state index in [9.17, 15) is 32.2 Å². The van der Waals surface area contributed by atoms with Crippen molar-refractivity contribution in [1.82, 2.24) is 10.3 Å². The second kappa shape index (κ2) is 11.3. The van der Waals surface area contributed by atoms with E-state index in [0.29, 0.717) is 25.0 Å². The van der Waals surface area contributed by atoms with Crippen LogP contribution >= 0.6 is 11.3 Å². The molecule has 1 heterocycles. The van der Waals surface area contributed by atoms with Crippen molar-refractivity contribution in [1.29, 1.82) is 0 Å². The molecule has 3 aromatic rings. The number of fused-ring (bicyclic) bond motifs is 2. The minimum absolute atomic E-state index is 0.0106. The number of aliphatic hydroxyl groups is 2. The van der Waals surface area contributed by atoms with Crippen molar-refractivity contribution in [2.45, 2.75) is 69.9 Å². The van der Waals surface area contributed by atoms with E-state index in [1.807, 2.05) is 20.8 Å². The van der Waals surface area contributed by atoms with Gasteiger partial charge < -0.3 is 15.5 Å². The first-order valence-electron chi connectivity index (χ1n) is 13.8. The molecule has 5 unspecified atom stereocenters. The number of amides is 1. The molecule has 42 heavy (non-hydrogen) atoms. The summed E-state index contributed by atoms with van der Waals surface area (Å²) in [5.41, 5.74) is 0.428. The molecule has 0 aliphatic heterocycles. The average molecular weight is 620 g/mol. The lowest BCUT2D eigenvalue weighted by Gasteiger charge is -2.58. The van der Waals surface area contributed by atoms with E-state index >= 15 is 0 Å². The monoisotopic (exact) mass is 619 g/mol. The van der Waals surface area contributed by atoms with Crippen molar-refractivity contribution in [2.24, 2.45) is 16.7 Å². The number of benzene rings is 2. The Morgan fingerprint density at radius 1 is 1.14 bits per heavy atom. The normalized spacial score (nSPS) is 27.2. The largest absolute Gasteiger partial charge is 0.396 e. The molecule has 226 valence electrons. The molecule has 5 rings (SSSR count). The first-order chi connectivity index (χ1) is 19.7. The van der Waals surface area contributed by atoms with Gasteiger partial charge >= 0.3 is 0 Å². The molecule has 2 aliphatic carbocycles. The second-order valence-electron chi connectivity index (χ2n) is 12.0. The molecule has 8 nitrogen and oxygen atoms in total. The van der Waals surface area contributed by atoms with Crippen molar-refractivity contribution in [2.75, 3.05) is 11.3 Å². The number of nitrogens with one attached hydrogen (secondary N) is 2. The predicted molar refractivity (Wildman–Crippen MR) is 155 cm³/mol. The number of hydrogen-bond donors (Lipinski definition) is 4. The van der Waals surface area contributed by atoms with Crippen LogP contribution in [0.25, 0.3) is 0 Å². The van der Waals surface area contributed by atoms with E-state index in [2.05, 4.69) is 10.0 Å². The number of thiazole rings is 1. The molecule has 12 heteroatoms. The Morgan fingerprint density at radius 2 is 1.81 bits per heavy atom. The summed E-state index contributed by atoms with van der Waals surface area (Å²) in [5, 5.41) is 24.3. The fraction of sp³-hybridized carbons (Fsp3) is 0.467. The van der Waals surface area contributed by atoms with Gasteiger partial charge in [-0.25, -0.2) is 22.2 Å². The highest BCUT2D eigenvalue weighted by Crippen LogP contribution is 2.62. The highest BCUT2D eigenvalue weighted by molar-refractivity contribution is 7.93. The van der Waals surface area contributed by atoms with Gasteiger partial charge in [0.05, 0.1) is 23.3 Å². The van der Waals surface area contributed by atoms with E-state index in [4.69, 9.17) is 4.98 Å². The zero-order chi connectivity index (χ0) is 30.4. The molecule has 0 spiro atoms. The van der Waals surface area contributed by atoms with E-state index in [1.54, 1.807) is 12.1 Å². The number of carbonyl (C=O) groups is 1. The highest BCUT2D eigenvalue weighted by Gasteiger charge is 2.59. The van der Waals surface area contributed by atoms with E-state index in [0.717, 1.165) is 28.6 Å². The number of sulfonamides is 1. The Labute approximate surface area is 248 Å². The van der Waals surface area contributed by atoms with Crippen LogP contribution in [-0.2, 0) is 27.8 Å². The summed E-state index contributed by atoms with van der Waals surface area (Å²) in [6, 6.07) is 9.53. The number of anilines is 1. The fourth-order valence-electron chi connectivity index (χ4n) is 6.75. The summed E-state index contributed by atoms with van der Waals surface area (Å²) in [7, 11) is -3.92. The third kappa shape index (κ3) is 5.69. The number of nitrogens with zero attached hydrogens (tertiary/aromatic N) is 1. The molecule has 2 aliphatic rings. The summed E-state index contributed by atoms with van der Waals surface area (Å²) in [4.78, 5) is 18.9. The minimum Gasteiger partial charge on any atom is -0.396 e. The fourth-order valence-corrected chi connectivity index (χ4v) is 9.06. The van der Waals surface area contributed by atoms with Crippen molar-refractivity contribution in [3.05, 3.63) is 75.8 Å². The van der Waals surface area contributed by atoms with Crippen molar-refractivity contribution in [3.8, 4) is 0 Å². The molecule has 4 N–H and O–H groups in total. The summed E-state index contributed by atoms with van der Waals surface area (Å²) < 4.78 is 56.2. The molecule has 1 amide bonds. The standard InChI is InChI=1S/C30H35F2N3O5S2/c1-17-4-6-21(7-5-17)42(39,40)35-28-34-27-22(13-26(38)33-15-18-10-19(31)12-20(32)11-18)29(2)9-8-25(37)30(3,16-36)24(29)14-23(27)41-28/h4-7,10-12,22,24-25,36-37H,8-9,13-16H2,1-3H3,(H,33,38)(H,34,35). The van der Waals surface area contributed by atoms with Crippen LogP contribution in [0.3, 0.4) is 0 Å². The molecule has 0 radical (unpaired) electrons. The Hall–Kier alpha value is -2.93. The lowest BCUT2D eigenvalue weighted by molar-refractivity contribution is -0.144. The van der Waals surface area contributed by atoms with Crippen LogP contribution in [0.4, 0.5) is 13.9 Å². The van der Waals surface area contributed by atoms with E-state index in [-0.39, 0.29) is 47.0 Å². The van der Waals surface area contributed by atoms with Crippen LogP contribution in [0.2, 0.25) is 0 Å². The summed E-state index contributed by atoms with van der Waals surface area (Å²) in [6.45, 7) is 5.43. The maximum absolute atomic E-state index is 13.7. The predicted octanol–water partition coefficient (Wildman–Crippen LogP) is 4.65. The average Bonchev–Trinajstić information content (AvgIpc) is 3.32. The van der Waals surface area contributed by atoms with Gasteiger partial charge in [0, 0.05) is 35.2 Å². The quantitative estimate of drug-likeness (QED) is 0.291. The zero-order valence-corrected chi connectivity index (χ0v) is 25.3.